The number of ether oxygens (including phenoxy) is 2. The predicted octanol–water partition coefficient (Wildman–Crippen LogP) is 0.0424. The second-order valence-corrected chi connectivity index (χ2v) is 7.70. The zero-order valence-electron chi connectivity index (χ0n) is 18.1. The normalized spacial score (nSPS) is 21.8. The maximum atomic E-state index is 11.6. The molecule has 4 aliphatic heterocycles. The molecule has 0 aromatic carbocycles. The molecule has 4 saturated heterocycles. The van der Waals surface area contributed by atoms with E-state index in [9.17, 15) is 28.8 Å². The van der Waals surface area contributed by atoms with Gasteiger partial charge in [0.25, 0.3) is 23.6 Å². The van der Waals surface area contributed by atoms with E-state index in [-0.39, 0.29) is 42.6 Å². The molecule has 4 fully saturated rings. The smallest absolute Gasteiger partial charge is 0.336 e. The molecule has 0 bridgehead atoms. The second-order valence-electron chi connectivity index (χ2n) is 7.70. The second kappa shape index (κ2) is 13.0. The zero-order valence-corrected chi connectivity index (χ0v) is 18.1. The first-order valence-electron chi connectivity index (χ1n) is 10.7. The minimum atomic E-state index is -0.682. The molecular formula is C20H28N2O11. The lowest BCUT2D eigenvalue weighted by Crippen LogP contribution is -2.36. The van der Waals surface area contributed by atoms with Gasteiger partial charge in [0.15, 0.2) is 0 Å². The zero-order chi connectivity index (χ0) is 24.4. The molecule has 0 aromatic rings. The monoisotopic (exact) mass is 472 g/mol. The first-order valence-corrected chi connectivity index (χ1v) is 10.7. The van der Waals surface area contributed by atoms with E-state index < -0.39 is 35.6 Å². The number of hydrogen-bond donors (Lipinski definition) is 2. The minimum absolute atomic E-state index is 0.125. The van der Waals surface area contributed by atoms with Gasteiger partial charge in [-0.1, -0.05) is 0 Å². The predicted molar refractivity (Wildman–Crippen MR) is 105 cm³/mol. The Labute approximate surface area is 189 Å². The summed E-state index contributed by atoms with van der Waals surface area (Å²) in [4.78, 5) is 69.6. The van der Waals surface area contributed by atoms with Crippen molar-refractivity contribution in [1.29, 1.82) is 0 Å². The fraction of sp³-hybridized carbons (Fsp3) is 0.700. The number of amides is 4. The van der Waals surface area contributed by atoms with Crippen LogP contribution in [0.4, 0.5) is 0 Å². The lowest BCUT2D eigenvalue weighted by Gasteiger charge is -2.22. The summed E-state index contributed by atoms with van der Waals surface area (Å²) in [6, 6.07) is 0. The fourth-order valence-corrected chi connectivity index (χ4v) is 3.26. The van der Waals surface area contributed by atoms with Gasteiger partial charge in [-0.25, -0.2) is 4.79 Å². The number of carbonyl (C=O) groups excluding carboxylic acids is 5. The topological polar surface area (TPSA) is 177 Å². The fourth-order valence-electron chi connectivity index (χ4n) is 3.26. The molecule has 0 unspecified atom stereocenters. The van der Waals surface area contributed by atoms with Gasteiger partial charge in [0.1, 0.15) is 0 Å². The van der Waals surface area contributed by atoms with Gasteiger partial charge in [-0.3, -0.25) is 29.2 Å². The van der Waals surface area contributed by atoms with Crippen molar-refractivity contribution in [3.05, 3.63) is 0 Å². The van der Waals surface area contributed by atoms with Gasteiger partial charge in [-0.15, -0.1) is 5.06 Å². The van der Waals surface area contributed by atoms with Gasteiger partial charge in [0.05, 0.1) is 11.8 Å². The molecule has 33 heavy (non-hydrogen) atoms. The highest BCUT2D eigenvalue weighted by atomic mass is 16.7. The van der Waals surface area contributed by atoms with Gasteiger partial charge in [-0.2, -0.15) is 5.06 Å². The van der Waals surface area contributed by atoms with Crippen molar-refractivity contribution < 1.29 is 53.4 Å². The van der Waals surface area contributed by atoms with Crippen LogP contribution in [0.2, 0.25) is 0 Å². The van der Waals surface area contributed by atoms with Crippen molar-refractivity contribution in [2.45, 2.75) is 51.4 Å². The lowest BCUT2D eigenvalue weighted by atomic mass is 10.0. The summed E-state index contributed by atoms with van der Waals surface area (Å²) in [6.45, 7) is 2.25. The van der Waals surface area contributed by atoms with Crippen LogP contribution in [0.25, 0.3) is 0 Å². The molecule has 0 aromatic heterocycles. The Hall–Kier alpha value is -2.90. The maximum Gasteiger partial charge on any atom is 0.336 e. The van der Waals surface area contributed by atoms with Crippen LogP contribution in [0.5, 0.6) is 0 Å². The molecule has 13 heteroatoms. The van der Waals surface area contributed by atoms with E-state index in [4.69, 9.17) is 24.6 Å². The number of hydrogen-bond acceptors (Lipinski definition) is 10. The quantitative estimate of drug-likeness (QED) is 0.419. The van der Waals surface area contributed by atoms with Gasteiger partial charge < -0.3 is 19.4 Å². The number of imide groups is 2. The Morgan fingerprint density at radius 1 is 0.727 bits per heavy atom. The Bertz CT molecular complexity index is 725. The van der Waals surface area contributed by atoms with E-state index in [0.717, 1.165) is 0 Å². The van der Waals surface area contributed by atoms with Crippen molar-refractivity contribution in [1.82, 2.24) is 10.1 Å². The van der Waals surface area contributed by atoms with Gasteiger partial charge >= 0.3 is 11.9 Å². The average Bonchev–Trinajstić information content (AvgIpc) is 3.31. The molecule has 0 atom stereocenters. The minimum Gasteiger partial charge on any atom is -0.481 e. The highest BCUT2D eigenvalue weighted by molar-refractivity contribution is 6.01. The van der Waals surface area contributed by atoms with Crippen LogP contribution in [0.3, 0.4) is 0 Å². The highest BCUT2D eigenvalue weighted by Gasteiger charge is 2.35. The average molecular weight is 472 g/mol. The van der Waals surface area contributed by atoms with Crippen LogP contribution in [-0.4, -0.2) is 82.4 Å². The number of hydroxylamine groups is 4. The van der Waals surface area contributed by atoms with E-state index in [0.29, 0.717) is 57.2 Å². The molecule has 13 nitrogen and oxygen atoms in total. The van der Waals surface area contributed by atoms with Gasteiger partial charge in [-0.05, 0) is 25.7 Å². The molecule has 0 aliphatic carbocycles. The number of carbonyl (C=O) groups is 6. The summed E-state index contributed by atoms with van der Waals surface area (Å²) in [5.74, 6) is -3.50. The molecule has 4 heterocycles. The third-order valence-corrected chi connectivity index (χ3v) is 5.34. The number of nitrogens with zero attached hydrogens (tertiary/aromatic N) is 2. The lowest BCUT2D eigenvalue weighted by molar-refractivity contribution is -0.202. The van der Waals surface area contributed by atoms with Crippen molar-refractivity contribution in [2.75, 3.05) is 26.4 Å². The number of carboxylic acids is 1. The Morgan fingerprint density at radius 3 is 1.45 bits per heavy atom. The summed E-state index contributed by atoms with van der Waals surface area (Å²) >= 11 is 0. The summed E-state index contributed by atoms with van der Waals surface area (Å²) in [6.07, 6.45) is 3.05. The van der Waals surface area contributed by atoms with E-state index in [1.54, 1.807) is 0 Å². The molecule has 4 aliphatic rings. The third-order valence-electron chi connectivity index (χ3n) is 5.34. The summed E-state index contributed by atoms with van der Waals surface area (Å²) in [5, 5.41) is 17.6. The molecule has 2 N–H and O–H groups in total. The van der Waals surface area contributed by atoms with Crippen LogP contribution >= 0.6 is 0 Å². The van der Waals surface area contributed by atoms with Crippen LogP contribution in [0.15, 0.2) is 0 Å². The SMILES string of the molecule is O=C(O)C1CCOCC1.O=C(ON1C(=O)CCC1=O)C1CCOCC1.O=C1CCC(=O)N1O. The molecule has 0 spiro atoms. The summed E-state index contributed by atoms with van der Waals surface area (Å²) in [7, 11) is 0. The van der Waals surface area contributed by atoms with Crippen molar-refractivity contribution >= 4 is 35.6 Å². The largest absolute Gasteiger partial charge is 0.481 e. The highest BCUT2D eigenvalue weighted by Crippen LogP contribution is 2.19. The van der Waals surface area contributed by atoms with Crippen LogP contribution in [-0.2, 0) is 43.1 Å². The van der Waals surface area contributed by atoms with Gasteiger partial charge in [0, 0.05) is 52.1 Å². The Morgan fingerprint density at radius 2 is 1.12 bits per heavy atom. The number of carboxylic acid groups (broad SMARTS) is 1. The number of aliphatic carboxylic acids is 1. The van der Waals surface area contributed by atoms with E-state index in [1.807, 2.05) is 0 Å². The first-order chi connectivity index (χ1) is 15.7. The Kier molecular flexibility index (Phi) is 10.4. The van der Waals surface area contributed by atoms with E-state index in [2.05, 4.69) is 0 Å². The summed E-state index contributed by atoms with van der Waals surface area (Å²) < 4.78 is 10.1. The van der Waals surface area contributed by atoms with Crippen molar-refractivity contribution in [3.63, 3.8) is 0 Å². The van der Waals surface area contributed by atoms with E-state index >= 15 is 0 Å². The standard InChI is InChI=1S/C10H13NO5.C6H10O3.C4H5NO3/c12-8-1-2-9(13)11(8)16-10(14)7-3-5-15-6-4-7;7-6(8)5-1-3-9-4-2-5;6-3-1-2-4(7)5(3)8/h7H,1-6H2;5H,1-4H2,(H,7,8);8H,1-2H2. The van der Waals surface area contributed by atoms with Gasteiger partial charge in [0.2, 0.25) is 0 Å². The van der Waals surface area contributed by atoms with Crippen molar-refractivity contribution in [2.24, 2.45) is 11.8 Å². The Balaban J connectivity index is 0.000000192. The van der Waals surface area contributed by atoms with E-state index in [1.165, 1.54) is 0 Å². The van der Waals surface area contributed by atoms with Crippen LogP contribution in [0.1, 0.15) is 51.4 Å². The molecule has 184 valence electrons. The molecule has 0 saturated carbocycles. The molecule has 0 radical (unpaired) electrons. The molecule has 4 amide bonds. The summed E-state index contributed by atoms with van der Waals surface area (Å²) in [5.41, 5.74) is 0. The molecular weight excluding hydrogens is 444 g/mol. The maximum absolute atomic E-state index is 11.6. The third kappa shape index (κ3) is 8.18. The van der Waals surface area contributed by atoms with Crippen LogP contribution < -0.4 is 0 Å². The molecule has 4 rings (SSSR count). The van der Waals surface area contributed by atoms with Crippen molar-refractivity contribution in [3.8, 4) is 0 Å². The van der Waals surface area contributed by atoms with Crippen LogP contribution in [0, 0.1) is 11.8 Å². The first kappa shape index (κ1) is 26.4. The number of rotatable bonds is 3.